The Balaban J connectivity index is 2.54. The fraction of sp³-hybridized carbons (Fsp3) is 0. The van der Waals surface area contributed by atoms with Gasteiger partial charge in [-0.25, -0.2) is 0 Å². The van der Waals surface area contributed by atoms with Gasteiger partial charge in [0, 0.05) is 11.8 Å². The van der Waals surface area contributed by atoms with Crippen molar-refractivity contribution in [3.63, 3.8) is 0 Å². The minimum absolute atomic E-state index is 0.994. The van der Waals surface area contributed by atoms with Crippen LogP contribution in [0.5, 0.6) is 0 Å². The Hall–Kier alpha value is -1.83. The molecule has 2 nitrogen and oxygen atoms in total. The van der Waals surface area contributed by atoms with Crippen molar-refractivity contribution in [1.29, 1.82) is 0 Å². The number of benzene rings is 1. The molecule has 1 aromatic carbocycles. The third kappa shape index (κ3) is 1.51. The van der Waals surface area contributed by atoms with Crippen LogP contribution in [0, 0.1) is 0 Å². The van der Waals surface area contributed by atoms with Crippen LogP contribution >= 0.6 is 0 Å². The molecule has 0 saturated heterocycles. The van der Waals surface area contributed by atoms with Crippen LogP contribution in [0.4, 0.5) is 5.69 Å². The first-order chi connectivity index (χ1) is 6.38. The van der Waals surface area contributed by atoms with Crippen molar-refractivity contribution in [2.75, 3.05) is 5.43 Å². The molecule has 0 unspecified atom stereocenters. The lowest BCUT2D eigenvalue weighted by molar-refractivity contribution is 1.34. The van der Waals surface area contributed by atoms with Crippen LogP contribution in [0.25, 0.3) is 5.57 Å². The van der Waals surface area contributed by atoms with Gasteiger partial charge in [-0.1, -0.05) is 30.9 Å². The molecule has 1 heterocycles. The highest BCUT2D eigenvalue weighted by Gasteiger charge is 2.02. The Morgan fingerprint density at radius 2 is 2.08 bits per heavy atom. The van der Waals surface area contributed by atoms with E-state index in [1.807, 2.05) is 36.4 Å². The quantitative estimate of drug-likeness (QED) is 0.636. The van der Waals surface area contributed by atoms with Gasteiger partial charge in [-0.05, 0) is 17.7 Å². The molecule has 64 valence electrons. The standard InChI is InChI=1S/C11H10N2/c1-9-5-4-8-12-13-11-7-3-2-6-10(9)11/h2-8,13H,1H2/b5-4-,12-8-. The van der Waals surface area contributed by atoms with Gasteiger partial charge >= 0.3 is 0 Å². The lowest BCUT2D eigenvalue weighted by atomic mass is 10.1. The molecule has 0 aromatic heterocycles. The first kappa shape index (κ1) is 7.80. The van der Waals surface area contributed by atoms with E-state index in [-0.39, 0.29) is 0 Å². The van der Waals surface area contributed by atoms with E-state index in [9.17, 15) is 0 Å². The number of hydrazone groups is 1. The van der Waals surface area contributed by atoms with Gasteiger partial charge in [0.2, 0.25) is 0 Å². The summed E-state index contributed by atoms with van der Waals surface area (Å²) in [5, 5.41) is 4.00. The highest BCUT2D eigenvalue weighted by atomic mass is 15.3. The minimum Gasteiger partial charge on any atom is -0.278 e. The molecule has 0 radical (unpaired) electrons. The average molecular weight is 170 g/mol. The van der Waals surface area contributed by atoms with Crippen molar-refractivity contribution in [2.45, 2.75) is 0 Å². The summed E-state index contributed by atoms with van der Waals surface area (Å²) in [4.78, 5) is 0. The summed E-state index contributed by atoms with van der Waals surface area (Å²) in [6.45, 7) is 3.97. The first-order valence-corrected chi connectivity index (χ1v) is 4.12. The number of nitrogens with one attached hydrogen (secondary N) is 1. The van der Waals surface area contributed by atoms with Crippen LogP contribution < -0.4 is 5.43 Å². The van der Waals surface area contributed by atoms with E-state index in [0.29, 0.717) is 0 Å². The van der Waals surface area contributed by atoms with E-state index in [4.69, 9.17) is 0 Å². The molecule has 1 aliphatic rings. The van der Waals surface area contributed by atoms with Crippen LogP contribution in [0.2, 0.25) is 0 Å². The molecular formula is C11H10N2. The van der Waals surface area contributed by atoms with Crippen LogP contribution in [0.1, 0.15) is 5.56 Å². The first-order valence-electron chi connectivity index (χ1n) is 4.12. The van der Waals surface area contributed by atoms with Gasteiger partial charge in [-0.15, -0.1) is 0 Å². The van der Waals surface area contributed by atoms with Crippen molar-refractivity contribution in [3.8, 4) is 0 Å². The summed E-state index contributed by atoms with van der Waals surface area (Å²) in [5.41, 5.74) is 6.03. The second kappa shape index (κ2) is 3.27. The Morgan fingerprint density at radius 3 is 3.00 bits per heavy atom. The number of hydrogen-bond acceptors (Lipinski definition) is 2. The zero-order chi connectivity index (χ0) is 9.10. The van der Waals surface area contributed by atoms with Crippen LogP contribution in [0.3, 0.4) is 0 Å². The summed E-state index contributed by atoms with van der Waals surface area (Å²) in [5.74, 6) is 0. The van der Waals surface area contributed by atoms with Gasteiger partial charge in [0.1, 0.15) is 0 Å². The molecule has 0 saturated carbocycles. The third-order valence-corrected chi connectivity index (χ3v) is 1.92. The molecule has 1 N–H and O–H groups in total. The summed E-state index contributed by atoms with van der Waals surface area (Å²) >= 11 is 0. The van der Waals surface area contributed by atoms with Gasteiger partial charge in [-0.3, -0.25) is 5.43 Å². The summed E-state index contributed by atoms with van der Waals surface area (Å²) in [6, 6.07) is 7.97. The predicted octanol–water partition coefficient (Wildman–Crippen LogP) is 2.67. The van der Waals surface area contributed by atoms with E-state index >= 15 is 0 Å². The molecule has 0 amide bonds. The topological polar surface area (TPSA) is 24.4 Å². The molecule has 0 bridgehead atoms. The molecule has 0 atom stereocenters. The Labute approximate surface area is 77.3 Å². The summed E-state index contributed by atoms with van der Waals surface area (Å²) < 4.78 is 0. The molecular weight excluding hydrogens is 160 g/mol. The lowest BCUT2D eigenvalue weighted by Gasteiger charge is -2.09. The van der Waals surface area contributed by atoms with Gasteiger partial charge in [0.15, 0.2) is 0 Å². The Bertz CT molecular complexity index is 389. The molecule has 2 heteroatoms. The molecule has 0 fully saturated rings. The van der Waals surface area contributed by atoms with E-state index in [0.717, 1.165) is 16.8 Å². The number of rotatable bonds is 0. The second-order valence-electron chi connectivity index (χ2n) is 2.82. The SMILES string of the molecule is C=C1/C=C\C=N/Nc2ccccc21. The molecule has 13 heavy (non-hydrogen) atoms. The maximum atomic E-state index is 4.00. The fourth-order valence-corrected chi connectivity index (χ4v) is 1.26. The number of fused-ring (bicyclic) bond motifs is 1. The highest BCUT2D eigenvalue weighted by molar-refractivity contribution is 5.86. The van der Waals surface area contributed by atoms with Crippen molar-refractivity contribution < 1.29 is 0 Å². The molecule has 1 aliphatic heterocycles. The van der Waals surface area contributed by atoms with Gasteiger partial charge in [-0.2, -0.15) is 5.10 Å². The molecule has 2 rings (SSSR count). The average Bonchev–Trinajstić information content (AvgIpc) is 2.14. The number of nitrogens with zero attached hydrogens (tertiary/aromatic N) is 1. The Morgan fingerprint density at radius 1 is 1.23 bits per heavy atom. The van der Waals surface area contributed by atoms with E-state index in [1.165, 1.54) is 0 Å². The lowest BCUT2D eigenvalue weighted by Crippen LogP contribution is -1.95. The number of anilines is 1. The predicted molar refractivity (Wildman–Crippen MR) is 56.7 cm³/mol. The fourth-order valence-electron chi connectivity index (χ4n) is 1.26. The normalized spacial score (nSPS) is 19.2. The largest absolute Gasteiger partial charge is 0.278 e. The Kier molecular flexibility index (Phi) is 1.96. The second-order valence-corrected chi connectivity index (χ2v) is 2.82. The van der Waals surface area contributed by atoms with Crippen molar-refractivity contribution in [1.82, 2.24) is 0 Å². The summed E-state index contributed by atoms with van der Waals surface area (Å²) in [6.07, 6.45) is 5.52. The molecule has 1 aromatic rings. The van der Waals surface area contributed by atoms with Crippen molar-refractivity contribution in [3.05, 3.63) is 48.6 Å². The van der Waals surface area contributed by atoms with E-state index < -0.39 is 0 Å². The van der Waals surface area contributed by atoms with Crippen molar-refractivity contribution >= 4 is 17.5 Å². The van der Waals surface area contributed by atoms with Gasteiger partial charge in [0.25, 0.3) is 0 Å². The maximum absolute atomic E-state index is 4.00. The highest BCUT2D eigenvalue weighted by Crippen LogP contribution is 2.23. The number of para-hydroxylation sites is 1. The van der Waals surface area contributed by atoms with Crippen LogP contribution in [-0.4, -0.2) is 6.21 Å². The number of allylic oxidation sites excluding steroid dienone is 3. The van der Waals surface area contributed by atoms with Crippen LogP contribution in [0.15, 0.2) is 48.1 Å². The van der Waals surface area contributed by atoms with E-state index in [1.54, 1.807) is 6.21 Å². The van der Waals surface area contributed by atoms with Crippen molar-refractivity contribution in [2.24, 2.45) is 5.10 Å². The minimum atomic E-state index is 0.994. The number of hydrogen-bond donors (Lipinski definition) is 1. The van der Waals surface area contributed by atoms with Gasteiger partial charge < -0.3 is 0 Å². The zero-order valence-electron chi connectivity index (χ0n) is 7.20. The maximum Gasteiger partial charge on any atom is 0.0639 e. The monoisotopic (exact) mass is 170 g/mol. The van der Waals surface area contributed by atoms with Crippen LogP contribution in [-0.2, 0) is 0 Å². The molecule has 0 spiro atoms. The summed E-state index contributed by atoms with van der Waals surface area (Å²) in [7, 11) is 0. The molecule has 0 aliphatic carbocycles. The zero-order valence-corrected chi connectivity index (χ0v) is 7.20. The third-order valence-electron chi connectivity index (χ3n) is 1.92. The van der Waals surface area contributed by atoms with E-state index in [2.05, 4.69) is 17.1 Å². The smallest absolute Gasteiger partial charge is 0.0639 e. The van der Waals surface area contributed by atoms with Gasteiger partial charge in [0.05, 0.1) is 5.69 Å².